The Morgan fingerprint density at radius 2 is 1.16 bits per heavy atom. The molecule has 13 N–H and O–H groups in total. The lowest BCUT2D eigenvalue weighted by Crippen LogP contribution is -2.63. The predicted molar refractivity (Wildman–Crippen MR) is 306 cm³/mol. The van der Waals surface area contributed by atoms with Crippen LogP contribution in [0.4, 0.5) is 0 Å². The van der Waals surface area contributed by atoms with Gasteiger partial charge in [0, 0.05) is 53.4 Å². The zero-order valence-corrected chi connectivity index (χ0v) is 46.4. The quantitative estimate of drug-likeness (QED) is 0.0337. The van der Waals surface area contributed by atoms with Gasteiger partial charge < -0.3 is 63.5 Å². The summed E-state index contributed by atoms with van der Waals surface area (Å²) in [6.07, 6.45) is 2.01. The maximum atomic E-state index is 14.9. The van der Waals surface area contributed by atoms with E-state index in [2.05, 4.69) is 60.1 Å². The third-order valence-corrected chi connectivity index (χ3v) is 14.3. The number of amides is 7. The van der Waals surface area contributed by atoms with E-state index in [9.17, 15) is 48.6 Å². The summed E-state index contributed by atoms with van der Waals surface area (Å²) < 4.78 is -1.14. The highest BCUT2D eigenvalue weighted by Crippen LogP contribution is 2.23. The number of carboxylic acids is 1. The molecule has 1 aliphatic rings. The first kappa shape index (κ1) is 60.8. The van der Waals surface area contributed by atoms with Gasteiger partial charge in [-0.1, -0.05) is 98.8 Å². The van der Waals surface area contributed by atoms with Crippen LogP contribution in [0, 0.1) is 5.92 Å². The van der Waals surface area contributed by atoms with Crippen molar-refractivity contribution in [2.24, 2.45) is 11.7 Å². The van der Waals surface area contributed by atoms with Crippen molar-refractivity contribution in [1.29, 1.82) is 0 Å². The Kier molecular flexibility index (Phi) is 21.9. The Labute approximate surface area is 470 Å². The number of fused-ring (bicyclic) bond motifs is 2. The monoisotopic (exact) mass is 1120 g/mol. The van der Waals surface area contributed by atoms with Crippen LogP contribution in [0.3, 0.4) is 0 Å². The molecular formula is C57H72N10O10S2. The van der Waals surface area contributed by atoms with Crippen molar-refractivity contribution in [3.05, 3.63) is 137 Å². The number of aromatic hydroxyl groups is 1. The molecule has 0 spiro atoms. The first-order valence-corrected chi connectivity index (χ1v) is 27.3. The van der Waals surface area contributed by atoms with E-state index in [0.29, 0.717) is 29.7 Å². The van der Waals surface area contributed by atoms with Gasteiger partial charge in [0.2, 0.25) is 41.4 Å². The highest BCUT2D eigenvalue weighted by molar-refractivity contribution is 7.81. The van der Waals surface area contributed by atoms with Crippen molar-refractivity contribution in [2.45, 2.75) is 126 Å². The van der Waals surface area contributed by atoms with Crippen molar-refractivity contribution in [3.8, 4) is 5.75 Å². The first-order valence-electron chi connectivity index (χ1n) is 26.2. The van der Waals surface area contributed by atoms with E-state index in [1.54, 1.807) is 64.2 Å². The van der Waals surface area contributed by atoms with Gasteiger partial charge in [0.15, 0.2) is 0 Å². The lowest BCUT2D eigenvalue weighted by Gasteiger charge is -2.33. The average Bonchev–Trinajstić information content (AvgIpc) is 3.89. The summed E-state index contributed by atoms with van der Waals surface area (Å²) in [5, 5.41) is 42.8. The SMILES string of the molecule is CC(C)[C@H](NC(=O)[C@H](CS)NC(=O)[C@H](Cc1ccc(O)cc1)NC(=O)[C@H](CCCN)NC(=O)[C@@H](Cc1c[nH]c2ccccc12)NC(=O)[C@H](Cc1ccccc1)NC(=O)[C@@H](NC(=O)[C@@H]1Cc2ccccc2CN1)C(C)(C)S)C(=O)O. The number of nitrogens with two attached hydrogens (primary N) is 1. The van der Waals surface area contributed by atoms with Crippen molar-refractivity contribution < 1.29 is 48.6 Å². The summed E-state index contributed by atoms with van der Waals surface area (Å²) in [5.74, 6) is -7.25. The van der Waals surface area contributed by atoms with Gasteiger partial charge >= 0.3 is 5.97 Å². The number of phenols is 1. The van der Waals surface area contributed by atoms with Gasteiger partial charge in [-0.3, -0.25) is 33.6 Å². The van der Waals surface area contributed by atoms with Crippen molar-refractivity contribution >= 4 is 83.5 Å². The molecule has 20 nitrogen and oxygen atoms in total. The Morgan fingerprint density at radius 1 is 0.646 bits per heavy atom. The molecule has 0 saturated heterocycles. The minimum atomic E-state index is -1.40. The number of rotatable bonds is 27. The van der Waals surface area contributed by atoms with Crippen LogP contribution < -0.4 is 48.3 Å². The van der Waals surface area contributed by atoms with E-state index in [-0.39, 0.29) is 50.2 Å². The van der Waals surface area contributed by atoms with Crippen molar-refractivity contribution in [1.82, 2.24) is 47.5 Å². The lowest BCUT2D eigenvalue weighted by molar-refractivity contribution is -0.143. The average molecular weight is 1120 g/mol. The van der Waals surface area contributed by atoms with E-state index in [1.165, 1.54) is 24.3 Å². The summed E-state index contributed by atoms with van der Waals surface area (Å²) in [4.78, 5) is 115. The number of aromatic amines is 1. The van der Waals surface area contributed by atoms with Crippen molar-refractivity contribution in [3.63, 3.8) is 0 Å². The van der Waals surface area contributed by atoms with E-state index in [1.807, 2.05) is 48.5 Å². The van der Waals surface area contributed by atoms with Gasteiger partial charge in [-0.25, -0.2) is 4.79 Å². The minimum absolute atomic E-state index is 0.0228. The molecular weight excluding hydrogens is 1050 g/mol. The summed E-state index contributed by atoms with van der Waals surface area (Å²) in [5.41, 5.74) is 10.6. The molecule has 1 aliphatic heterocycles. The molecule has 22 heteroatoms. The molecule has 2 heterocycles. The number of aliphatic carboxylic acids is 1. The third-order valence-electron chi connectivity index (χ3n) is 13.7. The molecule has 0 unspecified atom stereocenters. The third kappa shape index (κ3) is 17.3. The number of carbonyl (C=O) groups is 8. The maximum Gasteiger partial charge on any atom is 0.326 e. The fourth-order valence-electron chi connectivity index (χ4n) is 9.21. The first-order chi connectivity index (χ1) is 37.6. The number of carboxylic acid groups (broad SMARTS) is 1. The van der Waals surface area contributed by atoms with Crippen LogP contribution in [0.5, 0.6) is 5.75 Å². The molecule has 422 valence electrons. The Morgan fingerprint density at radius 3 is 1.76 bits per heavy atom. The summed E-state index contributed by atoms with van der Waals surface area (Å²) in [7, 11) is 0. The maximum absolute atomic E-state index is 14.9. The predicted octanol–water partition coefficient (Wildman–Crippen LogP) is 2.13. The van der Waals surface area contributed by atoms with Crippen LogP contribution in [0.15, 0.2) is 109 Å². The van der Waals surface area contributed by atoms with Crippen LogP contribution in [0.2, 0.25) is 0 Å². The lowest BCUT2D eigenvalue weighted by atomic mass is 9.94. The fourth-order valence-corrected chi connectivity index (χ4v) is 9.65. The number of aromatic nitrogens is 1. The van der Waals surface area contributed by atoms with Crippen molar-refractivity contribution in [2.75, 3.05) is 12.3 Å². The Hall–Kier alpha value is -7.40. The number of hydrogen-bond donors (Lipinski definition) is 14. The minimum Gasteiger partial charge on any atom is -0.508 e. The molecule has 0 saturated carbocycles. The second kappa shape index (κ2) is 28.5. The number of nitrogens with one attached hydrogen (secondary N) is 9. The number of para-hydroxylation sites is 1. The molecule has 1 aromatic heterocycles. The Bertz CT molecular complexity index is 2930. The van der Waals surface area contributed by atoms with E-state index in [0.717, 1.165) is 22.0 Å². The summed E-state index contributed by atoms with van der Waals surface area (Å²) in [6, 6.07) is 19.9. The number of H-pyrrole nitrogens is 1. The number of thiol groups is 2. The fraction of sp³-hybridized carbons (Fsp3) is 0.404. The van der Waals surface area contributed by atoms with E-state index < -0.39 is 106 Å². The topological polar surface area (TPSA) is 315 Å². The van der Waals surface area contributed by atoms with E-state index in [4.69, 9.17) is 18.4 Å². The van der Waals surface area contributed by atoms with Gasteiger partial charge in [0.1, 0.15) is 48.0 Å². The highest BCUT2D eigenvalue weighted by Gasteiger charge is 2.39. The van der Waals surface area contributed by atoms with Gasteiger partial charge in [-0.2, -0.15) is 25.3 Å². The van der Waals surface area contributed by atoms with Gasteiger partial charge in [-0.05, 0) is 91.6 Å². The van der Waals surface area contributed by atoms with E-state index >= 15 is 0 Å². The largest absolute Gasteiger partial charge is 0.508 e. The van der Waals surface area contributed by atoms with Gasteiger partial charge in [-0.15, -0.1) is 0 Å². The molecule has 5 aromatic rings. The number of benzene rings is 4. The number of phenolic OH excluding ortho intramolecular Hbond substituents is 1. The molecule has 0 radical (unpaired) electrons. The van der Waals surface area contributed by atoms with Gasteiger partial charge in [0.25, 0.3) is 0 Å². The molecule has 79 heavy (non-hydrogen) atoms. The Balaban J connectivity index is 1.27. The summed E-state index contributed by atoms with van der Waals surface area (Å²) >= 11 is 8.98. The molecule has 0 fully saturated rings. The van der Waals surface area contributed by atoms with Gasteiger partial charge in [0.05, 0.1) is 6.04 Å². The van der Waals surface area contributed by atoms with Crippen LogP contribution in [0.25, 0.3) is 10.9 Å². The second-order valence-corrected chi connectivity index (χ2v) is 22.1. The zero-order valence-electron chi connectivity index (χ0n) is 44.6. The van der Waals surface area contributed by atoms with Crippen LogP contribution in [0.1, 0.15) is 68.4 Å². The van der Waals surface area contributed by atoms with Crippen LogP contribution in [-0.2, 0) is 70.6 Å². The number of hydrogen-bond acceptors (Lipinski definition) is 13. The molecule has 8 atom stereocenters. The number of carbonyl (C=O) groups excluding carboxylic acids is 7. The van der Waals surface area contributed by atoms with Crippen LogP contribution in [-0.4, -0.2) is 128 Å². The molecule has 6 rings (SSSR count). The second-order valence-electron chi connectivity index (χ2n) is 20.6. The molecule has 0 bridgehead atoms. The molecule has 7 amide bonds. The smallest absolute Gasteiger partial charge is 0.326 e. The molecule has 4 aromatic carbocycles. The zero-order chi connectivity index (χ0) is 57.4. The highest BCUT2D eigenvalue weighted by atomic mass is 32.1. The standard InChI is InChI=1S/C57H72N10O10S2/c1-32(2)47(56(76)77)66-54(74)46(31-78)65-52(72)43(26-34-20-22-38(68)23-21-34)62-49(69)41(19-12-24-58)61-53(73)45(28-37-30-59-40-18-11-10-17-39(37)40)63-51(71)44(25-33-13-6-5-7-14-33)64-55(75)48(57(3,4)79)67-50(70)42-27-35-15-8-9-16-36(35)29-60-42/h5-11,13-18,20-23,30,32,41-48,59-60,68,78-79H,12,19,24-29,31,58H2,1-4H3,(H,61,73)(H,62,69)(H,63,71)(H,64,75)(H,65,72)(H,66,74)(H,67,70)(H,76,77)/t41-,42-,43-,44-,45+,46-,47-,48+/m0/s1. The van der Waals surface area contributed by atoms with Crippen LogP contribution >= 0.6 is 25.3 Å². The molecule has 0 aliphatic carbocycles. The summed E-state index contributed by atoms with van der Waals surface area (Å²) in [6.45, 7) is 7.11. The normalized spacial score (nSPS) is 15.9.